The average molecular weight is 334 g/mol. The Morgan fingerprint density at radius 1 is 1.04 bits per heavy atom. The fourth-order valence-corrected chi connectivity index (χ4v) is 0.935. The quantitative estimate of drug-likeness (QED) is 0.338. The standard InChI is InChI=1S/C7H12O2.C6H6.C5H8O2.C2H4/c1-3-5-6-9-7(8)4-2;1-2-4-6-5-3-1;1-4(2)5(6)7-3;1-2/h4H,2-3,5-6H2,1H3;1-6H;1H2,2-3H3;1-2H2. The molecular formula is C20H30O4. The first-order valence-electron chi connectivity index (χ1n) is 7.52. The highest BCUT2D eigenvalue weighted by atomic mass is 16.5. The minimum absolute atomic E-state index is 0.330. The number of methoxy groups -OCH3 is 1. The van der Waals surface area contributed by atoms with Crippen molar-refractivity contribution in [3.05, 3.63) is 74.4 Å². The maximum absolute atomic E-state index is 10.3. The third-order valence-electron chi connectivity index (χ3n) is 2.11. The Morgan fingerprint density at radius 2 is 1.46 bits per heavy atom. The van der Waals surface area contributed by atoms with E-state index < -0.39 is 0 Å². The van der Waals surface area contributed by atoms with Crippen molar-refractivity contribution in [2.24, 2.45) is 0 Å². The zero-order chi connectivity index (χ0) is 19.2. The van der Waals surface area contributed by atoms with Crippen LogP contribution in [-0.2, 0) is 19.1 Å². The second-order valence-corrected chi connectivity index (χ2v) is 4.15. The van der Waals surface area contributed by atoms with E-state index in [-0.39, 0.29) is 11.9 Å². The largest absolute Gasteiger partial charge is 0.466 e. The van der Waals surface area contributed by atoms with Gasteiger partial charge in [0.25, 0.3) is 0 Å². The van der Waals surface area contributed by atoms with Crippen molar-refractivity contribution in [2.45, 2.75) is 26.7 Å². The van der Waals surface area contributed by atoms with Crippen LogP contribution in [-0.4, -0.2) is 25.7 Å². The highest BCUT2D eigenvalue weighted by Crippen LogP contribution is 1.88. The highest BCUT2D eigenvalue weighted by Gasteiger charge is 1.95. The Bertz CT molecular complexity index is 412. The summed E-state index contributed by atoms with van der Waals surface area (Å²) in [6.45, 7) is 16.8. The molecule has 0 aliphatic rings. The van der Waals surface area contributed by atoms with Crippen molar-refractivity contribution in [1.82, 2.24) is 0 Å². The number of carbonyl (C=O) groups excluding carboxylic acids is 2. The second kappa shape index (κ2) is 22.7. The number of ether oxygens (including phenoxy) is 2. The molecule has 1 rings (SSSR count). The van der Waals surface area contributed by atoms with E-state index in [0.717, 1.165) is 12.8 Å². The number of hydrogen-bond donors (Lipinski definition) is 0. The monoisotopic (exact) mass is 334 g/mol. The SMILES string of the molecule is C=C.C=C(C)C(=O)OC.C=CC(=O)OCCCC.c1ccccc1. The fraction of sp³-hybridized carbons (Fsp3) is 0.300. The van der Waals surface area contributed by atoms with Crippen LogP contribution in [0.15, 0.2) is 74.4 Å². The average Bonchev–Trinajstić information content (AvgIpc) is 2.65. The lowest BCUT2D eigenvalue weighted by Crippen LogP contribution is -2.00. The molecule has 0 saturated carbocycles. The molecule has 0 saturated heterocycles. The van der Waals surface area contributed by atoms with Gasteiger partial charge < -0.3 is 9.47 Å². The van der Waals surface area contributed by atoms with Gasteiger partial charge in [0, 0.05) is 11.6 Å². The lowest BCUT2D eigenvalue weighted by Gasteiger charge is -1.97. The lowest BCUT2D eigenvalue weighted by atomic mass is 10.4. The van der Waals surface area contributed by atoms with Crippen LogP contribution in [0.2, 0.25) is 0 Å². The maximum atomic E-state index is 10.3. The summed E-state index contributed by atoms with van der Waals surface area (Å²) in [6.07, 6.45) is 3.15. The molecule has 0 heterocycles. The summed E-state index contributed by atoms with van der Waals surface area (Å²) >= 11 is 0. The van der Waals surface area contributed by atoms with Crippen molar-refractivity contribution in [3.63, 3.8) is 0 Å². The Kier molecular flexibility index (Phi) is 24.8. The molecule has 0 atom stereocenters. The minimum atomic E-state index is -0.347. The lowest BCUT2D eigenvalue weighted by molar-refractivity contribution is -0.138. The van der Waals surface area contributed by atoms with Crippen LogP contribution in [0.5, 0.6) is 0 Å². The molecule has 0 N–H and O–H groups in total. The van der Waals surface area contributed by atoms with Crippen molar-refractivity contribution in [3.8, 4) is 0 Å². The molecule has 0 aliphatic carbocycles. The Labute approximate surface area is 146 Å². The summed E-state index contributed by atoms with van der Waals surface area (Å²) in [5, 5.41) is 0. The maximum Gasteiger partial charge on any atom is 0.332 e. The second-order valence-electron chi connectivity index (χ2n) is 4.15. The summed E-state index contributed by atoms with van der Waals surface area (Å²) in [4.78, 5) is 20.5. The van der Waals surface area contributed by atoms with Gasteiger partial charge in [-0.25, -0.2) is 9.59 Å². The summed E-state index contributed by atoms with van der Waals surface area (Å²) < 4.78 is 8.95. The molecule has 1 aromatic rings. The fourth-order valence-electron chi connectivity index (χ4n) is 0.935. The minimum Gasteiger partial charge on any atom is -0.466 e. The molecule has 0 aliphatic heterocycles. The smallest absolute Gasteiger partial charge is 0.332 e. The van der Waals surface area contributed by atoms with Crippen molar-refractivity contribution in [2.75, 3.05) is 13.7 Å². The zero-order valence-electron chi connectivity index (χ0n) is 15.1. The molecule has 0 unspecified atom stereocenters. The van der Waals surface area contributed by atoms with Gasteiger partial charge in [0.1, 0.15) is 0 Å². The number of benzene rings is 1. The van der Waals surface area contributed by atoms with Gasteiger partial charge in [0.2, 0.25) is 0 Å². The third-order valence-corrected chi connectivity index (χ3v) is 2.11. The van der Waals surface area contributed by atoms with E-state index in [4.69, 9.17) is 0 Å². The van der Waals surface area contributed by atoms with Gasteiger partial charge in [0.05, 0.1) is 13.7 Å². The van der Waals surface area contributed by atoms with Gasteiger partial charge in [-0.3, -0.25) is 0 Å². The van der Waals surface area contributed by atoms with Gasteiger partial charge in [-0.2, -0.15) is 0 Å². The third kappa shape index (κ3) is 24.4. The van der Waals surface area contributed by atoms with E-state index in [1.807, 2.05) is 43.3 Å². The van der Waals surface area contributed by atoms with E-state index >= 15 is 0 Å². The predicted molar refractivity (Wildman–Crippen MR) is 101 cm³/mol. The molecule has 4 heteroatoms. The highest BCUT2D eigenvalue weighted by molar-refractivity contribution is 5.86. The molecule has 0 amide bonds. The molecule has 0 radical (unpaired) electrons. The van der Waals surface area contributed by atoms with Gasteiger partial charge >= 0.3 is 11.9 Å². The molecule has 0 fully saturated rings. The number of carbonyl (C=O) groups is 2. The molecule has 1 aromatic carbocycles. The van der Waals surface area contributed by atoms with Gasteiger partial charge in [0.15, 0.2) is 0 Å². The van der Waals surface area contributed by atoms with Crippen LogP contribution in [0.4, 0.5) is 0 Å². The number of unbranched alkanes of at least 4 members (excludes halogenated alkanes) is 1. The van der Waals surface area contributed by atoms with Crippen LogP contribution in [0.25, 0.3) is 0 Å². The van der Waals surface area contributed by atoms with E-state index in [1.165, 1.54) is 13.2 Å². The topological polar surface area (TPSA) is 52.6 Å². The number of hydrogen-bond acceptors (Lipinski definition) is 4. The predicted octanol–water partition coefficient (Wildman–Crippen LogP) is 4.74. The molecular weight excluding hydrogens is 304 g/mol. The van der Waals surface area contributed by atoms with Gasteiger partial charge in [-0.1, -0.05) is 62.9 Å². The van der Waals surface area contributed by atoms with Crippen molar-refractivity contribution < 1.29 is 19.1 Å². The first kappa shape index (κ1) is 26.3. The Hall–Kier alpha value is -2.62. The van der Waals surface area contributed by atoms with Crippen molar-refractivity contribution >= 4 is 11.9 Å². The van der Waals surface area contributed by atoms with Crippen LogP contribution in [0.3, 0.4) is 0 Å². The summed E-state index contributed by atoms with van der Waals surface area (Å²) in [5.74, 6) is -0.677. The number of esters is 2. The van der Waals surface area contributed by atoms with Gasteiger partial charge in [-0.05, 0) is 13.3 Å². The van der Waals surface area contributed by atoms with Gasteiger partial charge in [-0.15, -0.1) is 13.2 Å². The molecule has 0 aromatic heterocycles. The van der Waals surface area contributed by atoms with E-state index in [2.05, 4.69) is 35.8 Å². The van der Waals surface area contributed by atoms with E-state index in [9.17, 15) is 9.59 Å². The molecule has 134 valence electrons. The van der Waals surface area contributed by atoms with E-state index in [0.29, 0.717) is 12.2 Å². The first-order valence-corrected chi connectivity index (χ1v) is 7.52. The van der Waals surface area contributed by atoms with Crippen molar-refractivity contribution in [1.29, 1.82) is 0 Å². The van der Waals surface area contributed by atoms with Crippen LogP contribution in [0, 0.1) is 0 Å². The first-order chi connectivity index (χ1) is 11.5. The van der Waals surface area contributed by atoms with E-state index in [1.54, 1.807) is 6.92 Å². The Balaban J connectivity index is -0.000000266. The normalized spacial score (nSPS) is 7.62. The summed E-state index contributed by atoms with van der Waals surface area (Å²) in [6, 6.07) is 12.0. The molecule has 4 nitrogen and oxygen atoms in total. The molecule has 0 spiro atoms. The number of rotatable bonds is 5. The van der Waals surface area contributed by atoms with Crippen LogP contribution < -0.4 is 0 Å². The Morgan fingerprint density at radius 3 is 1.67 bits per heavy atom. The molecule has 0 bridgehead atoms. The van der Waals surface area contributed by atoms with Crippen LogP contribution >= 0.6 is 0 Å². The zero-order valence-corrected chi connectivity index (χ0v) is 15.1. The summed E-state index contributed by atoms with van der Waals surface area (Å²) in [7, 11) is 1.33. The summed E-state index contributed by atoms with van der Waals surface area (Å²) in [5.41, 5.74) is 0.433. The van der Waals surface area contributed by atoms with Crippen LogP contribution in [0.1, 0.15) is 26.7 Å². The molecule has 24 heavy (non-hydrogen) atoms.